The van der Waals surface area contributed by atoms with Gasteiger partial charge in [-0.25, -0.2) is 13.1 Å². The van der Waals surface area contributed by atoms with Crippen LogP contribution in [0.3, 0.4) is 0 Å². The summed E-state index contributed by atoms with van der Waals surface area (Å²) in [5, 5.41) is 35.0. The molecular weight excluding hydrogens is 468 g/mol. The van der Waals surface area contributed by atoms with Crippen LogP contribution >= 0.6 is 0 Å². The molecule has 9 heteroatoms. The standard InChI is InChI=1S/C14H19N3O2.C14H19N3O/c1-17-9-6-14(4-2-7-15,5-3-8-16)12-18-10-13-11-19-13;1-3-12-18-13-14(6-4-9-15,7-5-10-16)8-11-17-2/h13H,2-6,9-12H2;3H,1,4-8,11-13H2. The van der Waals surface area contributed by atoms with Gasteiger partial charge in [-0.2, -0.15) is 21.0 Å². The molecule has 1 saturated heterocycles. The van der Waals surface area contributed by atoms with Gasteiger partial charge in [0.05, 0.1) is 57.3 Å². The second kappa shape index (κ2) is 21.8. The molecule has 1 heterocycles. The maximum Gasteiger partial charge on any atom is 0.215 e. The quantitative estimate of drug-likeness (QED) is 0.0933. The molecule has 0 aromatic rings. The van der Waals surface area contributed by atoms with Gasteiger partial charge in [-0.3, -0.25) is 0 Å². The Morgan fingerprint density at radius 1 is 0.784 bits per heavy atom. The Morgan fingerprint density at radius 3 is 1.51 bits per heavy atom. The van der Waals surface area contributed by atoms with Crippen LogP contribution in [-0.4, -0.2) is 52.2 Å². The van der Waals surface area contributed by atoms with E-state index >= 15 is 0 Å². The Bertz CT molecular complexity index is 799. The maximum atomic E-state index is 8.77. The fraction of sp³-hybridized carbons (Fsp3) is 0.714. The SMILES string of the molecule is [C-]#[N+]CCC(CCC#N)(CCC#N)COCC1CO1.[C-]#[N+]CCC(CCC#N)(CCC#N)COCC=C. The lowest BCUT2D eigenvalue weighted by Gasteiger charge is -2.30. The summed E-state index contributed by atoms with van der Waals surface area (Å²) in [6, 6.07) is 8.55. The first-order valence-electron chi connectivity index (χ1n) is 12.5. The van der Waals surface area contributed by atoms with Gasteiger partial charge in [-0.05, 0) is 25.7 Å². The van der Waals surface area contributed by atoms with Gasteiger partial charge in [0, 0.05) is 49.4 Å². The number of hydrogen-bond donors (Lipinski definition) is 0. The lowest BCUT2D eigenvalue weighted by atomic mass is 9.77. The van der Waals surface area contributed by atoms with Crippen molar-refractivity contribution in [3.8, 4) is 24.3 Å². The van der Waals surface area contributed by atoms with Crippen molar-refractivity contribution in [2.24, 2.45) is 10.8 Å². The zero-order chi connectivity index (χ0) is 27.7. The zero-order valence-electron chi connectivity index (χ0n) is 21.8. The van der Waals surface area contributed by atoms with Crippen molar-refractivity contribution in [3.05, 3.63) is 35.5 Å². The highest BCUT2D eigenvalue weighted by Gasteiger charge is 2.33. The van der Waals surface area contributed by atoms with E-state index in [0.29, 0.717) is 104 Å². The summed E-state index contributed by atoms with van der Waals surface area (Å²) in [5.74, 6) is 0. The van der Waals surface area contributed by atoms with E-state index < -0.39 is 0 Å². The van der Waals surface area contributed by atoms with E-state index in [0.717, 1.165) is 6.61 Å². The Labute approximate surface area is 222 Å². The van der Waals surface area contributed by atoms with Crippen molar-refractivity contribution in [2.75, 3.05) is 46.1 Å². The number of epoxide rings is 1. The molecular formula is C28H38N6O3. The lowest BCUT2D eigenvalue weighted by molar-refractivity contribution is 0.0237. The summed E-state index contributed by atoms with van der Waals surface area (Å²) in [6.07, 6.45) is 7.72. The van der Waals surface area contributed by atoms with Crippen molar-refractivity contribution in [1.29, 1.82) is 21.0 Å². The normalized spacial score (nSPS) is 13.7. The average molecular weight is 507 g/mol. The number of nitrogens with zero attached hydrogens (tertiary/aromatic N) is 6. The molecule has 0 radical (unpaired) electrons. The fourth-order valence-corrected chi connectivity index (χ4v) is 3.98. The molecule has 1 rings (SSSR count). The van der Waals surface area contributed by atoms with Crippen molar-refractivity contribution in [1.82, 2.24) is 0 Å². The molecule has 37 heavy (non-hydrogen) atoms. The van der Waals surface area contributed by atoms with Crippen molar-refractivity contribution in [2.45, 2.75) is 70.3 Å². The fourth-order valence-electron chi connectivity index (χ4n) is 3.98. The summed E-state index contributed by atoms with van der Waals surface area (Å²) in [4.78, 5) is 6.77. The number of ether oxygens (including phenoxy) is 3. The smallest absolute Gasteiger partial charge is 0.215 e. The molecule has 0 saturated carbocycles. The van der Waals surface area contributed by atoms with Gasteiger partial charge in [0.1, 0.15) is 6.10 Å². The number of rotatable bonds is 20. The summed E-state index contributed by atoms with van der Waals surface area (Å²) in [7, 11) is 0. The summed E-state index contributed by atoms with van der Waals surface area (Å²) >= 11 is 0. The molecule has 1 unspecified atom stereocenters. The van der Waals surface area contributed by atoms with E-state index in [1.54, 1.807) is 6.08 Å². The molecule has 0 aromatic heterocycles. The Balaban J connectivity index is 0.000000702. The third kappa shape index (κ3) is 16.8. The van der Waals surface area contributed by atoms with E-state index in [4.69, 9.17) is 48.4 Å². The number of nitriles is 4. The van der Waals surface area contributed by atoms with Crippen LogP contribution < -0.4 is 0 Å². The predicted molar refractivity (Wildman–Crippen MR) is 138 cm³/mol. The van der Waals surface area contributed by atoms with Gasteiger partial charge in [0.15, 0.2) is 0 Å². The van der Waals surface area contributed by atoms with Gasteiger partial charge < -0.3 is 23.9 Å². The second-order valence-corrected chi connectivity index (χ2v) is 9.17. The van der Waals surface area contributed by atoms with Crippen LogP contribution in [0, 0.1) is 69.3 Å². The van der Waals surface area contributed by atoms with E-state index in [2.05, 4.69) is 40.5 Å². The molecule has 1 fully saturated rings. The molecule has 9 nitrogen and oxygen atoms in total. The van der Waals surface area contributed by atoms with Crippen LogP contribution in [0.4, 0.5) is 0 Å². The van der Waals surface area contributed by atoms with Gasteiger partial charge >= 0.3 is 0 Å². The molecule has 0 amide bonds. The summed E-state index contributed by atoms with van der Waals surface area (Å²) in [5.41, 5.74) is -0.441. The van der Waals surface area contributed by atoms with Crippen LogP contribution in [0.25, 0.3) is 9.69 Å². The first-order chi connectivity index (χ1) is 18.0. The van der Waals surface area contributed by atoms with Crippen LogP contribution in [0.2, 0.25) is 0 Å². The molecule has 0 N–H and O–H groups in total. The third-order valence-corrected chi connectivity index (χ3v) is 6.33. The van der Waals surface area contributed by atoms with Crippen LogP contribution in [0.15, 0.2) is 12.7 Å². The topological polar surface area (TPSA) is 135 Å². The van der Waals surface area contributed by atoms with Crippen LogP contribution in [-0.2, 0) is 14.2 Å². The van der Waals surface area contributed by atoms with Gasteiger partial charge in [0.25, 0.3) is 0 Å². The first-order valence-corrected chi connectivity index (χ1v) is 12.5. The monoisotopic (exact) mass is 506 g/mol. The van der Waals surface area contributed by atoms with E-state index in [1.807, 2.05) is 0 Å². The minimum absolute atomic E-state index is 0.213. The van der Waals surface area contributed by atoms with E-state index in [9.17, 15) is 0 Å². The Morgan fingerprint density at radius 2 is 1.19 bits per heavy atom. The van der Waals surface area contributed by atoms with E-state index in [-0.39, 0.29) is 16.9 Å². The lowest BCUT2D eigenvalue weighted by Crippen LogP contribution is -2.29. The van der Waals surface area contributed by atoms with Gasteiger partial charge in [0.2, 0.25) is 13.1 Å². The molecule has 1 aliphatic rings. The molecule has 0 aliphatic carbocycles. The average Bonchev–Trinajstić information content (AvgIpc) is 3.75. The highest BCUT2D eigenvalue weighted by molar-refractivity contribution is 4.90. The summed E-state index contributed by atoms with van der Waals surface area (Å²) < 4.78 is 16.3. The molecule has 0 spiro atoms. The molecule has 198 valence electrons. The largest absolute Gasteiger partial charge is 0.378 e. The Hall–Kier alpha value is -3.44. The van der Waals surface area contributed by atoms with Crippen LogP contribution in [0.1, 0.15) is 64.2 Å². The minimum atomic E-state index is -0.223. The van der Waals surface area contributed by atoms with Gasteiger partial charge in [-0.1, -0.05) is 6.08 Å². The van der Waals surface area contributed by atoms with Crippen molar-refractivity contribution < 1.29 is 14.2 Å². The molecule has 0 aromatic carbocycles. The maximum absolute atomic E-state index is 8.77. The predicted octanol–water partition coefficient (Wildman–Crippen LogP) is 5.40. The highest BCUT2D eigenvalue weighted by atomic mass is 16.6. The van der Waals surface area contributed by atoms with Crippen molar-refractivity contribution >= 4 is 0 Å². The van der Waals surface area contributed by atoms with Gasteiger partial charge in [-0.15, -0.1) is 6.58 Å². The minimum Gasteiger partial charge on any atom is -0.378 e. The Kier molecular flexibility index (Phi) is 19.8. The second-order valence-electron chi connectivity index (χ2n) is 9.17. The van der Waals surface area contributed by atoms with Crippen LogP contribution in [0.5, 0.6) is 0 Å². The van der Waals surface area contributed by atoms with E-state index in [1.165, 1.54) is 0 Å². The molecule has 0 bridgehead atoms. The molecule has 1 atom stereocenters. The highest BCUT2D eigenvalue weighted by Crippen LogP contribution is 2.35. The number of hydrogen-bond acceptors (Lipinski definition) is 7. The summed E-state index contributed by atoms with van der Waals surface area (Å²) in [6.45, 7) is 21.0. The first kappa shape index (κ1) is 33.6. The zero-order valence-corrected chi connectivity index (χ0v) is 21.8. The van der Waals surface area contributed by atoms with Crippen molar-refractivity contribution in [3.63, 3.8) is 0 Å². The third-order valence-electron chi connectivity index (χ3n) is 6.33. The molecule has 1 aliphatic heterocycles.